The Morgan fingerprint density at radius 3 is 2.56 bits per heavy atom. The maximum atomic E-state index is 13.6. The Labute approximate surface area is 199 Å². The number of carbonyl (C=O) groups excluding carboxylic acids is 1. The third kappa shape index (κ3) is 4.85. The second kappa shape index (κ2) is 9.74. The fourth-order valence-electron chi connectivity index (χ4n) is 3.73. The minimum absolute atomic E-state index is 0.0909. The molecule has 1 atom stereocenters. The third-order valence-electron chi connectivity index (χ3n) is 5.43. The molecule has 0 radical (unpaired) electrons. The van der Waals surface area contributed by atoms with Crippen molar-refractivity contribution in [1.82, 2.24) is 0 Å². The molecule has 0 saturated carbocycles. The number of sulfonamides is 1. The second-order valence-electron chi connectivity index (χ2n) is 7.91. The molecule has 0 spiro atoms. The number of anilines is 2. The summed E-state index contributed by atoms with van der Waals surface area (Å²) in [7, 11) is -0.858. The average molecular weight is 483 g/mol. The maximum absolute atomic E-state index is 13.6. The van der Waals surface area contributed by atoms with Crippen molar-refractivity contribution in [3.8, 4) is 11.5 Å². The number of carbonyl (C=O) groups is 1. The Bertz CT molecular complexity index is 1290. The van der Waals surface area contributed by atoms with Crippen LogP contribution >= 0.6 is 0 Å². The molecule has 1 aliphatic rings. The summed E-state index contributed by atoms with van der Waals surface area (Å²) in [5.74, 6) is 0.429. The Kier molecular flexibility index (Phi) is 6.76. The van der Waals surface area contributed by atoms with E-state index in [1.807, 2.05) is 19.1 Å². The molecule has 0 aliphatic carbocycles. The van der Waals surface area contributed by atoms with E-state index in [0.717, 1.165) is 11.1 Å². The van der Waals surface area contributed by atoms with E-state index in [0.29, 0.717) is 29.5 Å². The van der Waals surface area contributed by atoms with E-state index in [-0.39, 0.29) is 11.4 Å². The Balaban J connectivity index is 1.65. The van der Waals surface area contributed by atoms with Crippen LogP contribution in [0.15, 0.2) is 71.6 Å². The number of fused-ring (bicyclic) bond motifs is 1. The topological polar surface area (TPSA) is 94.2 Å². The monoisotopic (exact) mass is 482 g/mol. The molecule has 0 fully saturated rings. The van der Waals surface area contributed by atoms with E-state index in [9.17, 15) is 13.2 Å². The van der Waals surface area contributed by atoms with Crippen molar-refractivity contribution in [2.75, 3.05) is 30.4 Å². The van der Waals surface area contributed by atoms with Gasteiger partial charge in [0.25, 0.3) is 15.9 Å². The number of nitrogens with zero attached hydrogens (tertiary/aromatic N) is 1. The van der Waals surface area contributed by atoms with Gasteiger partial charge in [-0.1, -0.05) is 18.2 Å². The number of methoxy groups -OCH3 is 2. The van der Waals surface area contributed by atoms with Crippen molar-refractivity contribution >= 4 is 27.3 Å². The number of ether oxygens (including phenoxy) is 3. The molecule has 8 nitrogen and oxygen atoms in total. The van der Waals surface area contributed by atoms with E-state index in [1.54, 1.807) is 49.6 Å². The third-order valence-corrected chi connectivity index (χ3v) is 7.22. The molecule has 4 rings (SSSR count). The summed E-state index contributed by atoms with van der Waals surface area (Å²) in [5.41, 5.74) is 2.73. The van der Waals surface area contributed by atoms with Gasteiger partial charge < -0.3 is 19.5 Å². The van der Waals surface area contributed by atoms with Crippen LogP contribution in [-0.2, 0) is 26.2 Å². The van der Waals surface area contributed by atoms with Crippen LogP contribution in [0.3, 0.4) is 0 Å². The van der Waals surface area contributed by atoms with Gasteiger partial charge in [-0.3, -0.25) is 9.10 Å². The van der Waals surface area contributed by atoms with Crippen molar-refractivity contribution in [2.45, 2.75) is 24.5 Å². The molecule has 34 heavy (non-hydrogen) atoms. The molecule has 0 saturated heterocycles. The highest BCUT2D eigenvalue weighted by molar-refractivity contribution is 7.92. The first-order chi connectivity index (χ1) is 16.3. The molecule has 3 aromatic rings. The van der Waals surface area contributed by atoms with Crippen molar-refractivity contribution in [3.63, 3.8) is 0 Å². The summed E-state index contributed by atoms with van der Waals surface area (Å²) in [6.45, 7) is 2.11. The van der Waals surface area contributed by atoms with Crippen LogP contribution in [0.2, 0.25) is 0 Å². The lowest BCUT2D eigenvalue weighted by molar-refractivity contribution is -0.122. The Morgan fingerprint density at radius 2 is 1.85 bits per heavy atom. The van der Waals surface area contributed by atoms with E-state index in [2.05, 4.69) is 5.32 Å². The van der Waals surface area contributed by atoms with Crippen LogP contribution in [0, 0.1) is 6.92 Å². The zero-order chi connectivity index (χ0) is 24.3. The number of hydrogen-bond acceptors (Lipinski definition) is 6. The molecule has 9 heteroatoms. The first kappa shape index (κ1) is 23.6. The lowest BCUT2D eigenvalue weighted by atomic mass is 10.1. The van der Waals surface area contributed by atoms with Crippen LogP contribution in [0.1, 0.15) is 11.1 Å². The molecular weight excluding hydrogens is 456 g/mol. The minimum atomic E-state index is -3.97. The summed E-state index contributed by atoms with van der Waals surface area (Å²) in [4.78, 5) is 13.2. The summed E-state index contributed by atoms with van der Waals surface area (Å²) >= 11 is 0. The van der Waals surface area contributed by atoms with Gasteiger partial charge in [0.15, 0.2) is 6.10 Å². The Hall–Kier alpha value is -3.56. The molecular formula is C25H26N2O6S. The highest BCUT2D eigenvalue weighted by Gasteiger charge is 2.37. The average Bonchev–Trinajstić information content (AvgIpc) is 2.83. The molecule has 3 aromatic carbocycles. The van der Waals surface area contributed by atoms with Crippen molar-refractivity contribution in [2.24, 2.45) is 0 Å². The first-order valence-corrected chi connectivity index (χ1v) is 12.1. The first-order valence-electron chi connectivity index (χ1n) is 10.6. The highest BCUT2D eigenvalue weighted by Crippen LogP contribution is 2.38. The van der Waals surface area contributed by atoms with Crippen LogP contribution in [0.4, 0.5) is 11.4 Å². The van der Waals surface area contributed by atoms with Gasteiger partial charge in [0.2, 0.25) is 0 Å². The SMILES string of the molecule is COCc1cccc(NC(=O)[C@H]2CN(S(=O)(=O)c3ccc(OC)cc3)c3ccc(C)cc3O2)c1. The zero-order valence-corrected chi connectivity index (χ0v) is 20.0. The van der Waals surface area contributed by atoms with Gasteiger partial charge in [-0.05, 0) is 66.6 Å². The number of hydrogen-bond donors (Lipinski definition) is 1. The van der Waals surface area contributed by atoms with Gasteiger partial charge >= 0.3 is 0 Å². The molecule has 0 unspecified atom stereocenters. The van der Waals surface area contributed by atoms with Gasteiger partial charge in [-0.25, -0.2) is 8.42 Å². The predicted molar refractivity (Wildman–Crippen MR) is 129 cm³/mol. The zero-order valence-electron chi connectivity index (χ0n) is 19.1. The second-order valence-corrected chi connectivity index (χ2v) is 9.77. The van der Waals surface area contributed by atoms with Gasteiger partial charge in [-0.15, -0.1) is 0 Å². The molecule has 1 amide bonds. The minimum Gasteiger partial charge on any atom is -0.497 e. The van der Waals surface area contributed by atoms with Crippen LogP contribution < -0.4 is 19.1 Å². The molecule has 1 heterocycles. The normalized spacial score (nSPS) is 15.3. The molecule has 1 aliphatic heterocycles. The molecule has 0 aromatic heterocycles. The number of nitrogens with one attached hydrogen (secondary N) is 1. The quantitative estimate of drug-likeness (QED) is 0.551. The largest absolute Gasteiger partial charge is 0.497 e. The summed E-state index contributed by atoms with van der Waals surface area (Å²) < 4.78 is 44.6. The van der Waals surface area contributed by atoms with Gasteiger partial charge in [0.1, 0.15) is 11.5 Å². The predicted octanol–water partition coefficient (Wildman–Crippen LogP) is 3.75. The number of benzene rings is 3. The standard InChI is InChI=1S/C25H26N2O6S/c1-17-7-12-22-23(13-17)33-24(25(28)26-19-6-4-5-18(14-19)16-31-2)15-27(22)34(29,30)21-10-8-20(32-3)9-11-21/h4-14,24H,15-16H2,1-3H3,(H,26,28)/t24-/m1/s1. The fourth-order valence-corrected chi connectivity index (χ4v) is 5.20. The summed E-state index contributed by atoms with van der Waals surface area (Å²) in [5, 5.41) is 2.83. The van der Waals surface area contributed by atoms with Crippen LogP contribution in [-0.4, -0.2) is 41.2 Å². The van der Waals surface area contributed by atoms with E-state index < -0.39 is 22.0 Å². The van der Waals surface area contributed by atoms with E-state index >= 15 is 0 Å². The number of amides is 1. The maximum Gasteiger partial charge on any atom is 0.267 e. The van der Waals surface area contributed by atoms with Crippen LogP contribution in [0.25, 0.3) is 0 Å². The number of aryl methyl sites for hydroxylation is 1. The van der Waals surface area contributed by atoms with Gasteiger partial charge in [0, 0.05) is 12.8 Å². The van der Waals surface area contributed by atoms with Crippen molar-refractivity contribution < 1.29 is 27.4 Å². The molecule has 1 N–H and O–H groups in total. The summed E-state index contributed by atoms with van der Waals surface area (Å²) in [6.07, 6.45) is -1.05. The lowest BCUT2D eigenvalue weighted by Crippen LogP contribution is -2.48. The fraction of sp³-hybridized carbons (Fsp3) is 0.240. The highest BCUT2D eigenvalue weighted by atomic mass is 32.2. The lowest BCUT2D eigenvalue weighted by Gasteiger charge is -2.35. The smallest absolute Gasteiger partial charge is 0.267 e. The van der Waals surface area contributed by atoms with Crippen LogP contribution in [0.5, 0.6) is 11.5 Å². The Morgan fingerprint density at radius 1 is 1.09 bits per heavy atom. The van der Waals surface area contributed by atoms with Crippen molar-refractivity contribution in [1.29, 1.82) is 0 Å². The van der Waals surface area contributed by atoms with E-state index in [1.165, 1.54) is 23.5 Å². The molecule has 178 valence electrons. The number of rotatable bonds is 7. The van der Waals surface area contributed by atoms with Gasteiger partial charge in [-0.2, -0.15) is 0 Å². The summed E-state index contributed by atoms with van der Waals surface area (Å²) in [6, 6.07) is 18.6. The molecule has 0 bridgehead atoms. The van der Waals surface area contributed by atoms with Gasteiger partial charge in [0.05, 0.1) is 30.8 Å². The van der Waals surface area contributed by atoms with Crippen molar-refractivity contribution in [3.05, 3.63) is 77.9 Å². The van der Waals surface area contributed by atoms with E-state index in [4.69, 9.17) is 14.2 Å².